The number of benzene rings is 2. The van der Waals surface area contributed by atoms with Gasteiger partial charge in [-0.3, -0.25) is 14.9 Å². The smallest absolute Gasteiger partial charge is 0.287 e. The van der Waals surface area contributed by atoms with E-state index in [4.69, 9.17) is 11.6 Å². The van der Waals surface area contributed by atoms with Gasteiger partial charge in [-0.25, -0.2) is 4.39 Å². The Balaban J connectivity index is 2.24. The highest BCUT2D eigenvalue weighted by Gasteiger charge is 2.16. The van der Waals surface area contributed by atoms with Crippen molar-refractivity contribution < 1.29 is 14.1 Å². The maximum atomic E-state index is 13.4. The van der Waals surface area contributed by atoms with E-state index in [1.54, 1.807) is 6.07 Å². The number of hydrogen-bond donors (Lipinski definition) is 1. The number of nitro benzene ring substituents is 1. The Hall–Kier alpha value is -2.47. The molecule has 0 atom stereocenters. The van der Waals surface area contributed by atoms with Crippen molar-refractivity contribution in [1.82, 2.24) is 0 Å². The molecule has 20 heavy (non-hydrogen) atoms. The molecule has 0 aromatic heterocycles. The quantitative estimate of drug-likeness (QED) is 0.694. The highest BCUT2D eigenvalue weighted by Crippen LogP contribution is 2.25. The lowest BCUT2D eigenvalue weighted by Crippen LogP contribution is -2.13. The molecule has 102 valence electrons. The predicted molar refractivity (Wildman–Crippen MR) is 72.5 cm³/mol. The lowest BCUT2D eigenvalue weighted by Gasteiger charge is -2.06. The molecule has 1 N–H and O–H groups in total. The standard InChI is InChI=1S/C13H8ClFN2O3/c14-9-7-8(5-6-12(9)17(19)20)13(18)16-11-4-2-1-3-10(11)15/h1-7H,(H,16,18). The summed E-state index contributed by atoms with van der Waals surface area (Å²) in [6.45, 7) is 0. The molecule has 0 aliphatic carbocycles. The summed E-state index contributed by atoms with van der Waals surface area (Å²) >= 11 is 5.71. The largest absolute Gasteiger partial charge is 0.319 e. The van der Waals surface area contributed by atoms with E-state index < -0.39 is 16.6 Å². The fraction of sp³-hybridized carbons (Fsp3) is 0. The molecule has 0 unspecified atom stereocenters. The van der Waals surface area contributed by atoms with Crippen LogP contribution in [0.5, 0.6) is 0 Å². The number of carbonyl (C=O) groups excluding carboxylic acids is 1. The van der Waals surface area contributed by atoms with E-state index in [0.717, 1.165) is 12.1 Å². The first-order chi connectivity index (χ1) is 9.49. The fourth-order valence-corrected chi connectivity index (χ4v) is 1.80. The van der Waals surface area contributed by atoms with Crippen molar-refractivity contribution >= 4 is 28.9 Å². The first kappa shape index (κ1) is 14.0. The van der Waals surface area contributed by atoms with Crippen LogP contribution in [0.1, 0.15) is 10.4 Å². The summed E-state index contributed by atoms with van der Waals surface area (Å²) < 4.78 is 13.4. The van der Waals surface area contributed by atoms with Crippen LogP contribution >= 0.6 is 11.6 Å². The minimum atomic E-state index is -0.652. The average Bonchev–Trinajstić information content (AvgIpc) is 2.40. The lowest BCUT2D eigenvalue weighted by atomic mass is 10.2. The molecular formula is C13H8ClFN2O3. The van der Waals surface area contributed by atoms with Gasteiger partial charge in [0.15, 0.2) is 0 Å². The lowest BCUT2D eigenvalue weighted by molar-refractivity contribution is -0.384. The number of para-hydroxylation sites is 1. The molecule has 2 aromatic rings. The SMILES string of the molecule is O=C(Nc1ccccc1F)c1ccc([N+](=O)[O-])c(Cl)c1. The molecule has 0 saturated carbocycles. The summed E-state index contributed by atoms with van der Waals surface area (Å²) in [6.07, 6.45) is 0. The Morgan fingerprint density at radius 3 is 2.55 bits per heavy atom. The molecule has 0 aliphatic rings. The number of carbonyl (C=O) groups is 1. The van der Waals surface area contributed by atoms with Gasteiger partial charge in [-0.2, -0.15) is 0 Å². The van der Waals surface area contributed by atoms with Crippen LogP contribution in [0.25, 0.3) is 0 Å². The number of nitro groups is 1. The molecule has 1 amide bonds. The third-order valence-electron chi connectivity index (χ3n) is 2.53. The van der Waals surface area contributed by atoms with E-state index in [2.05, 4.69) is 5.32 Å². The number of anilines is 1. The highest BCUT2D eigenvalue weighted by atomic mass is 35.5. The normalized spacial score (nSPS) is 10.1. The van der Waals surface area contributed by atoms with Crippen molar-refractivity contribution in [3.63, 3.8) is 0 Å². The maximum absolute atomic E-state index is 13.4. The minimum Gasteiger partial charge on any atom is -0.319 e. The Morgan fingerprint density at radius 2 is 1.95 bits per heavy atom. The summed E-state index contributed by atoms with van der Waals surface area (Å²) in [5, 5.41) is 12.8. The van der Waals surface area contributed by atoms with E-state index in [0.29, 0.717) is 0 Å². The zero-order valence-electron chi connectivity index (χ0n) is 9.97. The van der Waals surface area contributed by atoms with Crippen molar-refractivity contribution in [3.8, 4) is 0 Å². The molecule has 7 heteroatoms. The number of nitrogens with zero attached hydrogens (tertiary/aromatic N) is 1. The topological polar surface area (TPSA) is 72.2 Å². The van der Waals surface area contributed by atoms with E-state index in [1.807, 2.05) is 0 Å². The van der Waals surface area contributed by atoms with Gasteiger partial charge in [0.05, 0.1) is 10.6 Å². The number of hydrogen-bond acceptors (Lipinski definition) is 3. The van der Waals surface area contributed by atoms with Crippen LogP contribution in [0.3, 0.4) is 0 Å². The first-order valence-electron chi connectivity index (χ1n) is 5.49. The Morgan fingerprint density at radius 1 is 1.25 bits per heavy atom. The van der Waals surface area contributed by atoms with Crippen molar-refractivity contribution in [1.29, 1.82) is 0 Å². The van der Waals surface area contributed by atoms with Crippen LogP contribution in [0.15, 0.2) is 42.5 Å². The van der Waals surface area contributed by atoms with E-state index in [9.17, 15) is 19.3 Å². The second-order valence-corrected chi connectivity index (χ2v) is 4.26. The zero-order chi connectivity index (χ0) is 14.7. The van der Waals surface area contributed by atoms with E-state index in [1.165, 1.54) is 24.3 Å². The van der Waals surface area contributed by atoms with Gasteiger partial charge in [-0.1, -0.05) is 23.7 Å². The third kappa shape index (κ3) is 2.92. The molecule has 5 nitrogen and oxygen atoms in total. The number of halogens is 2. The Kier molecular flexibility index (Phi) is 3.95. The van der Waals surface area contributed by atoms with Crippen molar-refractivity contribution in [2.45, 2.75) is 0 Å². The molecule has 2 rings (SSSR count). The molecule has 0 aliphatic heterocycles. The van der Waals surface area contributed by atoms with Gasteiger partial charge >= 0.3 is 0 Å². The van der Waals surface area contributed by atoms with Gasteiger partial charge in [-0.15, -0.1) is 0 Å². The summed E-state index contributed by atoms with van der Waals surface area (Å²) in [4.78, 5) is 21.9. The Bertz CT molecular complexity index is 691. The fourth-order valence-electron chi connectivity index (χ4n) is 1.55. The monoisotopic (exact) mass is 294 g/mol. The van der Waals surface area contributed by atoms with E-state index in [-0.39, 0.29) is 22.0 Å². The molecule has 0 fully saturated rings. The molecule has 0 bridgehead atoms. The second kappa shape index (κ2) is 5.66. The second-order valence-electron chi connectivity index (χ2n) is 3.86. The number of rotatable bonds is 3. The van der Waals surface area contributed by atoms with Crippen LogP contribution in [-0.4, -0.2) is 10.8 Å². The van der Waals surface area contributed by atoms with Gasteiger partial charge in [0.25, 0.3) is 11.6 Å². The molecule has 0 spiro atoms. The Labute approximate surface area is 118 Å². The number of amides is 1. The van der Waals surface area contributed by atoms with Gasteiger partial charge in [0.1, 0.15) is 10.8 Å². The maximum Gasteiger partial charge on any atom is 0.287 e. The van der Waals surface area contributed by atoms with Gasteiger partial charge in [0, 0.05) is 11.6 Å². The zero-order valence-corrected chi connectivity index (χ0v) is 10.7. The summed E-state index contributed by atoms with van der Waals surface area (Å²) in [5.74, 6) is -1.18. The minimum absolute atomic E-state index is 0.0203. The molecule has 2 aromatic carbocycles. The molecular weight excluding hydrogens is 287 g/mol. The third-order valence-corrected chi connectivity index (χ3v) is 2.83. The van der Waals surface area contributed by atoms with Gasteiger partial charge in [-0.05, 0) is 24.3 Å². The van der Waals surface area contributed by atoms with Crippen LogP contribution in [0.2, 0.25) is 5.02 Å². The van der Waals surface area contributed by atoms with Crippen LogP contribution in [0.4, 0.5) is 15.8 Å². The first-order valence-corrected chi connectivity index (χ1v) is 5.86. The number of nitrogens with one attached hydrogen (secondary N) is 1. The van der Waals surface area contributed by atoms with Crippen LogP contribution in [0, 0.1) is 15.9 Å². The summed E-state index contributed by atoms with van der Waals surface area (Å²) in [7, 11) is 0. The van der Waals surface area contributed by atoms with E-state index >= 15 is 0 Å². The molecule has 0 radical (unpaired) electrons. The summed E-state index contributed by atoms with van der Waals surface area (Å²) in [5.41, 5.74) is -0.176. The summed E-state index contributed by atoms with van der Waals surface area (Å²) in [6, 6.07) is 9.21. The van der Waals surface area contributed by atoms with Crippen molar-refractivity contribution in [3.05, 3.63) is 69.0 Å². The van der Waals surface area contributed by atoms with Crippen LogP contribution in [-0.2, 0) is 0 Å². The highest BCUT2D eigenvalue weighted by molar-refractivity contribution is 6.33. The van der Waals surface area contributed by atoms with Crippen LogP contribution < -0.4 is 5.32 Å². The van der Waals surface area contributed by atoms with Crippen molar-refractivity contribution in [2.24, 2.45) is 0 Å². The average molecular weight is 295 g/mol. The van der Waals surface area contributed by atoms with Gasteiger partial charge < -0.3 is 5.32 Å². The molecule has 0 saturated heterocycles. The van der Waals surface area contributed by atoms with Crippen molar-refractivity contribution in [2.75, 3.05) is 5.32 Å². The predicted octanol–water partition coefficient (Wildman–Crippen LogP) is 3.64. The van der Waals surface area contributed by atoms with Gasteiger partial charge in [0.2, 0.25) is 0 Å². The molecule has 0 heterocycles.